The summed E-state index contributed by atoms with van der Waals surface area (Å²) >= 11 is 6.45. The summed E-state index contributed by atoms with van der Waals surface area (Å²) in [6.45, 7) is 4.20. The summed E-state index contributed by atoms with van der Waals surface area (Å²) in [6, 6.07) is 19.3. The summed E-state index contributed by atoms with van der Waals surface area (Å²) in [5, 5.41) is 4.34. The molecule has 0 saturated carbocycles. The van der Waals surface area contributed by atoms with Crippen LogP contribution in [0.1, 0.15) is 52.5 Å². The number of benzene rings is 3. The van der Waals surface area contributed by atoms with Crippen molar-refractivity contribution in [2.24, 2.45) is 5.11 Å². The van der Waals surface area contributed by atoms with Gasteiger partial charge in [-0.05, 0) is 78.6 Å². The van der Waals surface area contributed by atoms with E-state index in [1.807, 2.05) is 31.2 Å². The van der Waals surface area contributed by atoms with Crippen LogP contribution in [0.15, 0.2) is 95.2 Å². The van der Waals surface area contributed by atoms with Gasteiger partial charge in [0, 0.05) is 11.8 Å². The zero-order chi connectivity index (χ0) is 32.1. The standard InChI is InChI=1S/C34H33ClFN5O4/c1-21-33(35)41(20-38-21)30-14-9-26(16-31(30)44-4)32(39-37)29-15-24(19-45-18-23-5-12-28(43-3)13-6-23)17-40(34(29)42)22(2)25-7-10-27(36)11-8-25/h5-17,20,22,32,37H,18-19H2,1-4H3/t22-,32?/m0/s1. The molecule has 1 unspecified atom stereocenters. The SMILES string of the molecule is COc1ccc(COCc2cc(C(N=N)c3ccc(-n4cnc(C)c4Cl)c(OC)c3)c(=O)n([C@@H](C)c3ccc(F)cc3)c2)cc1. The van der Waals surface area contributed by atoms with Gasteiger partial charge in [-0.25, -0.2) is 14.9 Å². The lowest BCUT2D eigenvalue weighted by Gasteiger charge is -2.21. The maximum Gasteiger partial charge on any atom is 0.256 e. The summed E-state index contributed by atoms with van der Waals surface area (Å²) in [6.07, 6.45) is 3.34. The van der Waals surface area contributed by atoms with Crippen LogP contribution in [0.5, 0.6) is 11.5 Å². The lowest BCUT2D eigenvalue weighted by molar-refractivity contribution is 0.106. The number of nitrogens with one attached hydrogen (secondary N) is 1. The van der Waals surface area contributed by atoms with E-state index in [1.165, 1.54) is 19.2 Å². The van der Waals surface area contributed by atoms with Crippen LogP contribution in [0, 0.1) is 18.3 Å². The molecule has 0 aliphatic carbocycles. The Morgan fingerprint density at radius 2 is 1.64 bits per heavy atom. The second kappa shape index (κ2) is 13.9. The molecule has 5 aromatic rings. The fourth-order valence-electron chi connectivity index (χ4n) is 5.14. The molecule has 1 N–H and O–H groups in total. The summed E-state index contributed by atoms with van der Waals surface area (Å²) < 4.78 is 33.9. The van der Waals surface area contributed by atoms with Crippen molar-refractivity contribution in [1.82, 2.24) is 14.1 Å². The van der Waals surface area contributed by atoms with Crippen LogP contribution in [0.3, 0.4) is 0 Å². The van der Waals surface area contributed by atoms with Gasteiger partial charge in [0.05, 0.1) is 44.9 Å². The second-order valence-corrected chi connectivity index (χ2v) is 10.9. The molecule has 9 nitrogen and oxygen atoms in total. The molecule has 2 aromatic heterocycles. The molecule has 2 heterocycles. The molecule has 11 heteroatoms. The summed E-state index contributed by atoms with van der Waals surface area (Å²) in [5.41, 5.74) is 12.4. The van der Waals surface area contributed by atoms with Gasteiger partial charge in [0.15, 0.2) is 0 Å². The van der Waals surface area contributed by atoms with E-state index in [4.69, 9.17) is 31.3 Å². The van der Waals surface area contributed by atoms with Crippen molar-refractivity contribution in [3.63, 3.8) is 0 Å². The molecule has 5 rings (SSSR count). The topological polar surface area (TPSA) is 104 Å². The predicted molar refractivity (Wildman–Crippen MR) is 169 cm³/mol. The minimum absolute atomic E-state index is 0.195. The third-order valence-electron chi connectivity index (χ3n) is 7.67. The first-order valence-electron chi connectivity index (χ1n) is 14.2. The molecule has 45 heavy (non-hydrogen) atoms. The molecular weight excluding hydrogens is 597 g/mol. The first-order valence-corrected chi connectivity index (χ1v) is 14.6. The Bertz CT molecular complexity index is 1850. The lowest BCUT2D eigenvalue weighted by Crippen LogP contribution is -2.29. The monoisotopic (exact) mass is 629 g/mol. The zero-order valence-electron chi connectivity index (χ0n) is 25.3. The zero-order valence-corrected chi connectivity index (χ0v) is 26.1. The summed E-state index contributed by atoms with van der Waals surface area (Å²) in [4.78, 5) is 18.3. The van der Waals surface area contributed by atoms with Crippen molar-refractivity contribution in [2.75, 3.05) is 14.2 Å². The number of aromatic nitrogens is 3. The van der Waals surface area contributed by atoms with Crippen LogP contribution in [0.4, 0.5) is 4.39 Å². The number of pyridine rings is 1. The van der Waals surface area contributed by atoms with Crippen LogP contribution in [-0.4, -0.2) is 28.3 Å². The Balaban J connectivity index is 1.53. The molecular formula is C34H33ClFN5O4. The number of halogens is 2. The molecule has 0 saturated heterocycles. The molecule has 0 aliphatic rings. The second-order valence-electron chi connectivity index (χ2n) is 10.5. The van der Waals surface area contributed by atoms with Crippen molar-refractivity contribution in [1.29, 1.82) is 5.53 Å². The molecule has 3 aromatic carbocycles. The van der Waals surface area contributed by atoms with E-state index < -0.39 is 12.1 Å². The Kier molecular flexibility index (Phi) is 9.75. The van der Waals surface area contributed by atoms with Crippen molar-refractivity contribution in [3.05, 3.63) is 140 Å². The Labute approximate surface area is 265 Å². The molecule has 0 radical (unpaired) electrons. The summed E-state index contributed by atoms with van der Waals surface area (Å²) in [5.74, 6) is 0.861. The lowest BCUT2D eigenvalue weighted by atomic mass is 9.98. The van der Waals surface area contributed by atoms with Gasteiger partial charge < -0.3 is 18.8 Å². The number of hydrogen-bond donors (Lipinski definition) is 1. The maximum atomic E-state index is 14.1. The Morgan fingerprint density at radius 1 is 0.956 bits per heavy atom. The van der Waals surface area contributed by atoms with E-state index in [0.717, 1.165) is 16.9 Å². The van der Waals surface area contributed by atoms with Crippen molar-refractivity contribution >= 4 is 11.6 Å². The van der Waals surface area contributed by atoms with Gasteiger partial charge in [-0.2, -0.15) is 5.11 Å². The molecule has 0 spiro atoms. The van der Waals surface area contributed by atoms with E-state index in [2.05, 4.69) is 10.1 Å². The van der Waals surface area contributed by atoms with Gasteiger partial charge in [-0.3, -0.25) is 9.36 Å². The van der Waals surface area contributed by atoms with Crippen LogP contribution in [0.25, 0.3) is 5.69 Å². The molecule has 232 valence electrons. The van der Waals surface area contributed by atoms with Crippen molar-refractivity contribution in [3.8, 4) is 17.2 Å². The minimum atomic E-state index is -0.936. The van der Waals surface area contributed by atoms with Gasteiger partial charge in [-0.1, -0.05) is 41.9 Å². The average molecular weight is 630 g/mol. The highest BCUT2D eigenvalue weighted by Crippen LogP contribution is 2.33. The average Bonchev–Trinajstić information content (AvgIpc) is 3.39. The van der Waals surface area contributed by atoms with Gasteiger partial charge in [0.1, 0.15) is 34.8 Å². The number of ether oxygens (including phenoxy) is 3. The highest BCUT2D eigenvalue weighted by molar-refractivity contribution is 6.30. The van der Waals surface area contributed by atoms with Gasteiger partial charge in [0.2, 0.25) is 0 Å². The number of methoxy groups -OCH3 is 2. The van der Waals surface area contributed by atoms with Crippen LogP contribution < -0.4 is 15.0 Å². The van der Waals surface area contributed by atoms with Gasteiger partial charge in [-0.15, -0.1) is 0 Å². The quantitative estimate of drug-likeness (QED) is 0.143. The summed E-state index contributed by atoms with van der Waals surface area (Å²) in [7, 11) is 3.15. The largest absolute Gasteiger partial charge is 0.497 e. The fourth-order valence-corrected chi connectivity index (χ4v) is 5.32. The molecule has 0 bridgehead atoms. The van der Waals surface area contributed by atoms with Crippen molar-refractivity contribution < 1.29 is 18.6 Å². The molecule has 0 amide bonds. The minimum Gasteiger partial charge on any atom is -0.497 e. The number of hydrogen-bond acceptors (Lipinski definition) is 7. The van der Waals surface area contributed by atoms with Crippen LogP contribution in [0.2, 0.25) is 5.15 Å². The normalized spacial score (nSPS) is 12.5. The first-order chi connectivity index (χ1) is 21.7. The number of nitrogens with zero attached hydrogens (tertiary/aromatic N) is 4. The van der Waals surface area contributed by atoms with Crippen molar-refractivity contribution in [2.45, 2.75) is 39.1 Å². The third kappa shape index (κ3) is 6.82. The maximum absolute atomic E-state index is 14.1. The molecule has 0 aliphatic heterocycles. The van der Waals surface area contributed by atoms with Gasteiger partial charge in [0.25, 0.3) is 5.56 Å². The highest BCUT2D eigenvalue weighted by Gasteiger charge is 2.23. The number of imidazole rings is 1. The Hall–Kier alpha value is -4.80. The van der Waals surface area contributed by atoms with Crippen LogP contribution >= 0.6 is 11.6 Å². The first kappa shape index (κ1) is 31.6. The molecule has 2 atom stereocenters. The van der Waals surface area contributed by atoms with E-state index in [9.17, 15) is 9.18 Å². The smallest absolute Gasteiger partial charge is 0.256 e. The third-order valence-corrected chi connectivity index (χ3v) is 8.13. The molecule has 0 fully saturated rings. The highest BCUT2D eigenvalue weighted by atomic mass is 35.5. The van der Waals surface area contributed by atoms with E-state index in [1.54, 1.807) is 72.1 Å². The van der Waals surface area contributed by atoms with E-state index >= 15 is 0 Å². The number of aryl methyl sites for hydroxylation is 1. The Morgan fingerprint density at radius 3 is 2.27 bits per heavy atom. The van der Waals surface area contributed by atoms with E-state index in [0.29, 0.717) is 40.0 Å². The van der Waals surface area contributed by atoms with E-state index in [-0.39, 0.29) is 23.5 Å². The number of rotatable bonds is 12. The van der Waals surface area contributed by atoms with Gasteiger partial charge >= 0.3 is 0 Å². The van der Waals surface area contributed by atoms with Crippen LogP contribution in [-0.2, 0) is 18.0 Å². The predicted octanol–water partition coefficient (Wildman–Crippen LogP) is 7.60. The fraction of sp³-hybridized carbons (Fsp3) is 0.235.